The molecule has 3 amide bonds. The zero-order chi connectivity index (χ0) is 30.0. The van der Waals surface area contributed by atoms with Crippen LogP contribution in [0.15, 0.2) is 47.1 Å². The molecule has 42 heavy (non-hydrogen) atoms. The highest BCUT2D eigenvalue weighted by Crippen LogP contribution is 2.53. The number of rotatable bonds is 11. The number of carbonyl (C=O) groups is 3. The van der Waals surface area contributed by atoms with Gasteiger partial charge in [-0.15, -0.1) is 0 Å². The molecule has 3 N–H and O–H groups in total. The van der Waals surface area contributed by atoms with Crippen molar-refractivity contribution in [1.82, 2.24) is 24.8 Å². The molecule has 4 aliphatic rings. The third-order valence-electron chi connectivity index (χ3n) is 8.78. The Morgan fingerprint density at radius 2 is 1.81 bits per heavy atom. The molecule has 4 saturated carbocycles. The van der Waals surface area contributed by atoms with Crippen LogP contribution in [0.3, 0.4) is 0 Å². The third-order valence-corrected chi connectivity index (χ3v) is 9.47. The molecule has 0 spiro atoms. The molecule has 6 rings (SSSR count). The van der Waals surface area contributed by atoms with E-state index in [9.17, 15) is 27.6 Å². The average Bonchev–Trinajstić information content (AvgIpc) is 3.35. The first-order chi connectivity index (χ1) is 20.0. The van der Waals surface area contributed by atoms with Gasteiger partial charge in [0.05, 0.1) is 12.5 Å². The first-order valence-electron chi connectivity index (χ1n) is 14.4. The highest BCUT2D eigenvalue weighted by atomic mass is 32.2. The fraction of sp³-hybridized carbons (Fsp3) is 0.552. The van der Waals surface area contributed by atoms with Gasteiger partial charge in [0.2, 0.25) is 11.8 Å². The van der Waals surface area contributed by atoms with Gasteiger partial charge < -0.3 is 25.1 Å². The summed E-state index contributed by atoms with van der Waals surface area (Å²) < 4.78 is 25.6. The Bertz CT molecular complexity index is 1520. The van der Waals surface area contributed by atoms with E-state index in [1.165, 1.54) is 72.1 Å². The maximum absolute atomic E-state index is 13.3. The molecule has 2 aromatic heterocycles. The van der Waals surface area contributed by atoms with E-state index in [4.69, 9.17) is 0 Å². The minimum Gasteiger partial charge on any atom is -0.351 e. The second-order valence-corrected chi connectivity index (χ2v) is 14.0. The molecule has 0 radical (unpaired) electrons. The van der Waals surface area contributed by atoms with Crippen LogP contribution in [0.1, 0.15) is 55.4 Å². The summed E-state index contributed by atoms with van der Waals surface area (Å²) in [5, 5.41) is 9.48. The van der Waals surface area contributed by atoms with Crippen molar-refractivity contribution in [3.05, 3.63) is 58.4 Å². The minimum atomic E-state index is -3.35. The summed E-state index contributed by atoms with van der Waals surface area (Å²) in [4.78, 5) is 56.2. The fourth-order valence-corrected chi connectivity index (χ4v) is 7.59. The maximum atomic E-state index is 13.3. The number of imidazole rings is 1. The van der Waals surface area contributed by atoms with Gasteiger partial charge in [0.1, 0.15) is 24.0 Å². The molecule has 0 aliphatic heterocycles. The van der Waals surface area contributed by atoms with Crippen LogP contribution in [0.25, 0.3) is 0 Å². The molecule has 2 aromatic rings. The lowest BCUT2D eigenvalue weighted by Gasteiger charge is -2.54. The summed E-state index contributed by atoms with van der Waals surface area (Å²) in [5.41, 5.74) is -0.345. The summed E-state index contributed by atoms with van der Waals surface area (Å²) in [5.74, 6) is 1.18. The van der Waals surface area contributed by atoms with Gasteiger partial charge in [0.25, 0.3) is 11.5 Å². The van der Waals surface area contributed by atoms with Gasteiger partial charge in [-0.05, 0) is 80.8 Å². The Balaban J connectivity index is 1.24. The normalized spacial score (nSPS) is 25.3. The number of carbonyl (C=O) groups excluding carboxylic acids is 3. The Morgan fingerprint density at radius 3 is 2.43 bits per heavy atom. The van der Waals surface area contributed by atoms with E-state index < -0.39 is 33.3 Å². The number of allylic oxidation sites excluding steroid dienone is 1. The predicted molar refractivity (Wildman–Crippen MR) is 156 cm³/mol. The van der Waals surface area contributed by atoms with Crippen molar-refractivity contribution in [3.8, 4) is 0 Å². The first-order valence-corrected chi connectivity index (χ1v) is 16.4. The zero-order valence-corrected chi connectivity index (χ0v) is 24.7. The van der Waals surface area contributed by atoms with E-state index in [0.717, 1.165) is 23.5 Å². The average molecular weight is 599 g/mol. The third kappa shape index (κ3) is 7.00. The summed E-state index contributed by atoms with van der Waals surface area (Å²) in [6.07, 6.45) is 13.0. The van der Waals surface area contributed by atoms with E-state index in [0.29, 0.717) is 11.8 Å². The van der Waals surface area contributed by atoms with E-state index in [1.807, 2.05) is 0 Å². The molecule has 2 heterocycles. The van der Waals surface area contributed by atoms with Gasteiger partial charge >= 0.3 is 0 Å². The van der Waals surface area contributed by atoms with Gasteiger partial charge in [-0.2, -0.15) is 0 Å². The second kappa shape index (κ2) is 12.2. The lowest BCUT2D eigenvalue weighted by Crippen LogP contribution is -2.56. The van der Waals surface area contributed by atoms with Crippen LogP contribution >= 0.6 is 0 Å². The van der Waals surface area contributed by atoms with Crippen LogP contribution in [0.4, 0.5) is 5.69 Å². The van der Waals surface area contributed by atoms with Gasteiger partial charge in [-0.25, -0.2) is 13.4 Å². The van der Waals surface area contributed by atoms with E-state index in [1.54, 1.807) is 13.1 Å². The molecule has 0 saturated heterocycles. The lowest BCUT2D eigenvalue weighted by molar-refractivity contribution is -0.125. The smallest absolute Gasteiger partial charge is 0.274 e. The van der Waals surface area contributed by atoms with Crippen molar-refractivity contribution in [2.24, 2.45) is 30.7 Å². The Hall–Kier alpha value is -3.74. The summed E-state index contributed by atoms with van der Waals surface area (Å²) in [7, 11) is -1.71. The molecule has 0 aromatic carbocycles. The predicted octanol–water partition coefficient (Wildman–Crippen LogP) is 1.60. The van der Waals surface area contributed by atoms with Gasteiger partial charge in [-0.1, -0.05) is 6.08 Å². The molecule has 4 bridgehead atoms. The van der Waals surface area contributed by atoms with Crippen molar-refractivity contribution in [3.63, 3.8) is 0 Å². The number of anilines is 1. The molecular weight excluding hydrogens is 560 g/mol. The molecule has 4 aliphatic carbocycles. The van der Waals surface area contributed by atoms with Crippen LogP contribution in [0.5, 0.6) is 0 Å². The largest absolute Gasteiger partial charge is 0.351 e. The topological polar surface area (TPSA) is 161 Å². The van der Waals surface area contributed by atoms with E-state index >= 15 is 0 Å². The number of sulfone groups is 1. The Labute approximate surface area is 244 Å². The highest BCUT2D eigenvalue weighted by molar-refractivity contribution is 7.93. The van der Waals surface area contributed by atoms with Crippen molar-refractivity contribution in [1.29, 1.82) is 0 Å². The molecule has 226 valence electrons. The van der Waals surface area contributed by atoms with Crippen molar-refractivity contribution >= 4 is 33.2 Å². The van der Waals surface area contributed by atoms with Gasteiger partial charge in [-0.3, -0.25) is 19.2 Å². The lowest BCUT2D eigenvalue weighted by atomic mass is 9.54. The molecule has 1 atom stereocenters. The van der Waals surface area contributed by atoms with Crippen LogP contribution in [-0.4, -0.2) is 58.6 Å². The van der Waals surface area contributed by atoms with Crippen molar-refractivity contribution in [2.75, 3.05) is 11.6 Å². The number of hydrogen-bond donors (Lipinski definition) is 3. The summed E-state index contributed by atoms with van der Waals surface area (Å²) >= 11 is 0. The maximum Gasteiger partial charge on any atom is 0.274 e. The SMILES string of the molecule is Cn1cncc1C(=O)N[C@@H](CC/C=C/S(C)(=O)=O)C(=O)Nc1cccn(CC(=O)NC2C3CC4CC(C3)CC2C4)c1=O. The quantitative estimate of drug-likeness (QED) is 0.354. The molecule has 0 unspecified atom stereocenters. The Morgan fingerprint density at radius 1 is 1.12 bits per heavy atom. The zero-order valence-electron chi connectivity index (χ0n) is 23.9. The molecule has 12 nitrogen and oxygen atoms in total. The Kier molecular flexibility index (Phi) is 8.67. The molecule has 4 fully saturated rings. The summed E-state index contributed by atoms with van der Waals surface area (Å²) in [6, 6.07) is 2.09. The standard InChI is InChI=1S/C29H38N6O6S/c1-34-17-30-15-24(34)28(38)31-22(6-3-4-9-42(2,40)41)27(37)32-23-7-5-8-35(29(23)39)16-25(36)33-26-20-11-18-10-19(13-20)14-21(26)12-18/h4-5,7-9,15,17-22,26H,3,6,10-14,16H2,1-2H3,(H,31,38)(H,32,37)(H,33,36)/b9-4+/t18?,19?,20?,21?,22-,26?/m0/s1. The van der Waals surface area contributed by atoms with Crippen LogP contribution in [-0.2, 0) is 33.0 Å². The number of amides is 3. The first kappa shape index (κ1) is 29.7. The number of hydrogen-bond acceptors (Lipinski definition) is 7. The van der Waals surface area contributed by atoms with Gasteiger partial charge in [0.15, 0.2) is 9.84 Å². The minimum absolute atomic E-state index is 0.0311. The number of aromatic nitrogens is 3. The van der Waals surface area contributed by atoms with Crippen LogP contribution in [0.2, 0.25) is 0 Å². The van der Waals surface area contributed by atoms with Crippen LogP contribution < -0.4 is 21.5 Å². The van der Waals surface area contributed by atoms with Gasteiger partial charge in [0, 0.05) is 31.0 Å². The highest BCUT2D eigenvalue weighted by Gasteiger charge is 2.48. The number of nitrogens with zero attached hydrogens (tertiary/aromatic N) is 3. The van der Waals surface area contributed by atoms with Crippen molar-refractivity contribution in [2.45, 2.75) is 63.6 Å². The number of pyridine rings is 1. The summed E-state index contributed by atoms with van der Waals surface area (Å²) in [6.45, 7) is -0.164. The van der Waals surface area contributed by atoms with Crippen LogP contribution in [0, 0.1) is 23.7 Å². The van der Waals surface area contributed by atoms with Crippen molar-refractivity contribution < 1.29 is 22.8 Å². The van der Waals surface area contributed by atoms with E-state index in [2.05, 4.69) is 20.9 Å². The molecular formula is C29H38N6O6S. The molecule has 13 heteroatoms. The monoisotopic (exact) mass is 598 g/mol. The number of nitrogens with one attached hydrogen (secondary N) is 3. The van der Waals surface area contributed by atoms with E-state index in [-0.39, 0.29) is 42.7 Å². The fourth-order valence-electron chi connectivity index (χ4n) is 7.11. The second-order valence-electron chi connectivity index (χ2n) is 12.1. The number of aryl methyl sites for hydroxylation is 1.